The summed E-state index contributed by atoms with van der Waals surface area (Å²) in [7, 11) is 0. The van der Waals surface area contributed by atoms with E-state index in [2.05, 4.69) is 37.4 Å². The summed E-state index contributed by atoms with van der Waals surface area (Å²) in [5.41, 5.74) is 4.74. The highest BCUT2D eigenvalue weighted by Crippen LogP contribution is 2.28. The van der Waals surface area contributed by atoms with Gasteiger partial charge in [-0.1, -0.05) is 24.3 Å². The zero-order valence-corrected chi connectivity index (χ0v) is 16.2. The molecule has 0 saturated carbocycles. The fourth-order valence-electron chi connectivity index (χ4n) is 2.71. The summed E-state index contributed by atoms with van der Waals surface area (Å²) in [5, 5.41) is 2.98. The Labute approximate surface area is 156 Å². The van der Waals surface area contributed by atoms with Crippen molar-refractivity contribution in [3.8, 4) is 11.5 Å². The van der Waals surface area contributed by atoms with Gasteiger partial charge in [-0.15, -0.1) is 0 Å². The second-order valence-electron chi connectivity index (χ2n) is 6.34. The van der Waals surface area contributed by atoms with E-state index in [9.17, 15) is 4.79 Å². The van der Waals surface area contributed by atoms with E-state index in [1.54, 1.807) is 0 Å². The standard InChI is InChI=1S/C22H29NO3/c1-5-25-20-11-9-19(14-21(20)26-6-2)15-23-22(24)12-10-18-8-7-16(3)17(4)13-18/h7-9,11,13-14H,5-6,10,12,15H2,1-4H3,(H,23,24). The predicted octanol–water partition coefficient (Wildman–Crippen LogP) is 4.35. The van der Waals surface area contributed by atoms with Crippen molar-refractivity contribution in [3.05, 3.63) is 58.7 Å². The molecule has 140 valence electrons. The average molecular weight is 355 g/mol. The van der Waals surface area contributed by atoms with E-state index in [4.69, 9.17) is 9.47 Å². The number of hydrogen-bond acceptors (Lipinski definition) is 3. The minimum Gasteiger partial charge on any atom is -0.490 e. The molecule has 0 atom stereocenters. The normalized spacial score (nSPS) is 10.5. The largest absolute Gasteiger partial charge is 0.490 e. The van der Waals surface area contributed by atoms with Gasteiger partial charge >= 0.3 is 0 Å². The zero-order valence-electron chi connectivity index (χ0n) is 16.2. The highest BCUT2D eigenvalue weighted by atomic mass is 16.5. The van der Waals surface area contributed by atoms with Crippen LogP contribution in [-0.4, -0.2) is 19.1 Å². The van der Waals surface area contributed by atoms with Gasteiger partial charge in [-0.25, -0.2) is 0 Å². The molecule has 4 heteroatoms. The molecular formula is C22H29NO3. The Morgan fingerprint density at radius 1 is 0.885 bits per heavy atom. The van der Waals surface area contributed by atoms with Crippen molar-refractivity contribution >= 4 is 5.91 Å². The molecule has 4 nitrogen and oxygen atoms in total. The lowest BCUT2D eigenvalue weighted by molar-refractivity contribution is -0.121. The molecule has 0 spiro atoms. The second-order valence-corrected chi connectivity index (χ2v) is 6.34. The molecule has 1 amide bonds. The third-order valence-electron chi connectivity index (χ3n) is 4.31. The molecular weight excluding hydrogens is 326 g/mol. The van der Waals surface area contributed by atoms with Crippen LogP contribution in [0, 0.1) is 13.8 Å². The maximum atomic E-state index is 12.2. The van der Waals surface area contributed by atoms with Gasteiger partial charge in [0, 0.05) is 13.0 Å². The number of aryl methyl sites for hydroxylation is 3. The molecule has 0 aliphatic carbocycles. The minimum atomic E-state index is 0.0510. The molecule has 1 N–H and O–H groups in total. The van der Waals surface area contributed by atoms with Crippen LogP contribution in [0.25, 0.3) is 0 Å². The maximum Gasteiger partial charge on any atom is 0.220 e. The van der Waals surface area contributed by atoms with Crippen LogP contribution in [0.5, 0.6) is 11.5 Å². The monoisotopic (exact) mass is 355 g/mol. The first-order chi connectivity index (χ1) is 12.5. The van der Waals surface area contributed by atoms with Crippen LogP contribution in [0.1, 0.15) is 42.5 Å². The third-order valence-corrected chi connectivity index (χ3v) is 4.31. The molecule has 0 aliphatic heterocycles. The van der Waals surface area contributed by atoms with Gasteiger partial charge in [-0.2, -0.15) is 0 Å². The number of amides is 1. The Morgan fingerprint density at radius 3 is 2.27 bits per heavy atom. The van der Waals surface area contributed by atoms with Gasteiger partial charge in [-0.3, -0.25) is 4.79 Å². The van der Waals surface area contributed by atoms with Crippen LogP contribution in [0.4, 0.5) is 0 Å². The number of rotatable bonds is 9. The Bertz CT molecular complexity index is 740. The van der Waals surface area contributed by atoms with Gasteiger partial charge in [-0.05, 0) is 68.5 Å². The van der Waals surface area contributed by atoms with E-state index in [0.717, 1.165) is 23.5 Å². The first kappa shape index (κ1) is 19.8. The summed E-state index contributed by atoms with van der Waals surface area (Å²) in [6.45, 7) is 9.73. The van der Waals surface area contributed by atoms with Crippen LogP contribution < -0.4 is 14.8 Å². The van der Waals surface area contributed by atoms with Crippen molar-refractivity contribution in [2.24, 2.45) is 0 Å². The smallest absolute Gasteiger partial charge is 0.220 e. The molecule has 2 rings (SSSR count). The Balaban J connectivity index is 1.88. The summed E-state index contributed by atoms with van der Waals surface area (Å²) < 4.78 is 11.2. The lowest BCUT2D eigenvalue weighted by Crippen LogP contribution is -2.23. The van der Waals surface area contributed by atoms with Gasteiger partial charge in [0.25, 0.3) is 0 Å². The minimum absolute atomic E-state index is 0.0510. The fourth-order valence-corrected chi connectivity index (χ4v) is 2.71. The van der Waals surface area contributed by atoms with E-state index in [0.29, 0.717) is 26.2 Å². The first-order valence-corrected chi connectivity index (χ1v) is 9.24. The molecule has 0 radical (unpaired) electrons. The molecule has 0 heterocycles. The first-order valence-electron chi connectivity index (χ1n) is 9.24. The van der Waals surface area contributed by atoms with Crippen molar-refractivity contribution in [2.45, 2.75) is 47.1 Å². The van der Waals surface area contributed by atoms with Crippen molar-refractivity contribution in [1.82, 2.24) is 5.32 Å². The van der Waals surface area contributed by atoms with E-state index in [1.165, 1.54) is 16.7 Å². The molecule has 0 fully saturated rings. The molecule has 0 saturated heterocycles. The highest BCUT2D eigenvalue weighted by molar-refractivity contribution is 5.76. The summed E-state index contributed by atoms with van der Waals surface area (Å²) in [4.78, 5) is 12.2. The Morgan fingerprint density at radius 2 is 1.58 bits per heavy atom. The lowest BCUT2D eigenvalue weighted by atomic mass is 10.0. The Hall–Kier alpha value is -2.49. The number of benzene rings is 2. The lowest BCUT2D eigenvalue weighted by Gasteiger charge is -2.13. The molecule has 2 aromatic carbocycles. The molecule has 0 unspecified atom stereocenters. The fraction of sp³-hybridized carbons (Fsp3) is 0.409. The van der Waals surface area contributed by atoms with Gasteiger partial charge in [0.15, 0.2) is 11.5 Å². The van der Waals surface area contributed by atoms with Crippen LogP contribution >= 0.6 is 0 Å². The summed E-state index contributed by atoms with van der Waals surface area (Å²) in [6, 6.07) is 12.1. The summed E-state index contributed by atoms with van der Waals surface area (Å²) in [6.07, 6.45) is 1.23. The summed E-state index contributed by atoms with van der Waals surface area (Å²) in [5.74, 6) is 1.51. The highest BCUT2D eigenvalue weighted by Gasteiger charge is 2.08. The van der Waals surface area contributed by atoms with E-state index in [1.807, 2.05) is 32.0 Å². The summed E-state index contributed by atoms with van der Waals surface area (Å²) >= 11 is 0. The zero-order chi connectivity index (χ0) is 18.9. The number of hydrogen-bond donors (Lipinski definition) is 1. The van der Waals surface area contributed by atoms with Crippen LogP contribution in [0.2, 0.25) is 0 Å². The number of nitrogens with one attached hydrogen (secondary N) is 1. The number of ether oxygens (including phenoxy) is 2. The van der Waals surface area contributed by atoms with Gasteiger partial charge in [0.05, 0.1) is 13.2 Å². The third kappa shape index (κ3) is 5.80. The topological polar surface area (TPSA) is 47.6 Å². The maximum absolute atomic E-state index is 12.2. The average Bonchev–Trinajstić information content (AvgIpc) is 2.63. The quantitative estimate of drug-likeness (QED) is 0.727. The number of carbonyl (C=O) groups excluding carboxylic acids is 1. The van der Waals surface area contributed by atoms with E-state index in [-0.39, 0.29) is 5.91 Å². The second kappa shape index (κ2) is 9.85. The van der Waals surface area contributed by atoms with Crippen molar-refractivity contribution in [2.75, 3.05) is 13.2 Å². The predicted molar refractivity (Wildman–Crippen MR) is 105 cm³/mol. The molecule has 2 aromatic rings. The van der Waals surface area contributed by atoms with Gasteiger partial charge < -0.3 is 14.8 Å². The Kier molecular flexibility index (Phi) is 7.52. The SMILES string of the molecule is CCOc1ccc(CNC(=O)CCc2ccc(C)c(C)c2)cc1OCC. The van der Waals surface area contributed by atoms with E-state index >= 15 is 0 Å². The van der Waals surface area contributed by atoms with Crippen LogP contribution in [0.15, 0.2) is 36.4 Å². The van der Waals surface area contributed by atoms with Crippen molar-refractivity contribution in [3.63, 3.8) is 0 Å². The van der Waals surface area contributed by atoms with Gasteiger partial charge in [0.2, 0.25) is 5.91 Å². The molecule has 0 aromatic heterocycles. The molecule has 0 bridgehead atoms. The van der Waals surface area contributed by atoms with E-state index < -0.39 is 0 Å². The van der Waals surface area contributed by atoms with Crippen molar-refractivity contribution in [1.29, 1.82) is 0 Å². The van der Waals surface area contributed by atoms with Crippen molar-refractivity contribution < 1.29 is 14.3 Å². The van der Waals surface area contributed by atoms with Gasteiger partial charge in [0.1, 0.15) is 0 Å². The van der Waals surface area contributed by atoms with Crippen LogP contribution in [-0.2, 0) is 17.8 Å². The number of carbonyl (C=O) groups is 1. The van der Waals surface area contributed by atoms with Crippen LogP contribution in [0.3, 0.4) is 0 Å². The molecule has 0 aliphatic rings. The molecule has 26 heavy (non-hydrogen) atoms.